The number of halogens is 2. The van der Waals surface area contributed by atoms with Crippen LogP contribution >= 0.6 is 12.4 Å². The Hall–Kier alpha value is -1.82. The molecule has 0 aromatic heterocycles. The number of para-hydroxylation sites is 1. The van der Waals surface area contributed by atoms with Gasteiger partial charge in [-0.3, -0.25) is 0 Å². The van der Waals surface area contributed by atoms with Gasteiger partial charge in [-0.2, -0.15) is 0 Å². The van der Waals surface area contributed by atoms with Crippen molar-refractivity contribution in [1.82, 2.24) is 5.32 Å². The molecule has 2 aromatic rings. The van der Waals surface area contributed by atoms with E-state index >= 15 is 0 Å². The Bertz CT molecular complexity index is 633. The Balaban J connectivity index is 0.00000312. The van der Waals surface area contributed by atoms with Crippen molar-refractivity contribution in [3.05, 3.63) is 59.4 Å². The van der Waals surface area contributed by atoms with Crippen LogP contribution in [0.5, 0.6) is 11.5 Å². The minimum Gasteiger partial charge on any atom is -0.493 e. The third kappa shape index (κ3) is 6.20. The third-order valence-corrected chi connectivity index (χ3v) is 3.87. The minimum atomic E-state index is -0.268. The van der Waals surface area contributed by atoms with Crippen LogP contribution in [0.3, 0.4) is 0 Å². The lowest BCUT2D eigenvalue weighted by molar-refractivity contribution is 0.236. The molecule has 25 heavy (non-hydrogen) atoms. The lowest BCUT2D eigenvalue weighted by atomic mass is 10.1. The molecule has 1 unspecified atom stereocenters. The molecule has 0 saturated heterocycles. The first kappa shape index (κ1) is 21.2. The number of hydrogen-bond donors (Lipinski definition) is 2. The molecular weight excluding hydrogens is 345 g/mol. The maximum atomic E-state index is 13.0. The molecule has 6 heteroatoms. The first-order valence-corrected chi connectivity index (χ1v) is 8.05. The van der Waals surface area contributed by atoms with Crippen molar-refractivity contribution in [3.8, 4) is 11.5 Å². The van der Waals surface area contributed by atoms with Gasteiger partial charge in [-0.05, 0) is 30.2 Å². The predicted octanol–water partition coefficient (Wildman–Crippen LogP) is 3.70. The number of methoxy groups -OCH3 is 1. The average molecular weight is 370 g/mol. The van der Waals surface area contributed by atoms with Crippen LogP contribution in [0.15, 0.2) is 42.5 Å². The quantitative estimate of drug-likeness (QED) is 0.707. The van der Waals surface area contributed by atoms with Crippen molar-refractivity contribution in [2.45, 2.75) is 32.5 Å². The summed E-state index contributed by atoms with van der Waals surface area (Å²) >= 11 is 0. The highest BCUT2D eigenvalue weighted by molar-refractivity contribution is 5.85. The van der Waals surface area contributed by atoms with E-state index in [9.17, 15) is 9.50 Å². The van der Waals surface area contributed by atoms with Gasteiger partial charge in [-0.25, -0.2) is 4.39 Å². The van der Waals surface area contributed by atoms with Crippen LogP contribution in [-0.4, -0.2) is 24.9 Å². The second-order valence-corrected chi connectivity index (χ2v) is 5.53. The van der Waals surface area contributed by atoms with E-state index in [1.165, 1.54) is 12.1 Å². The van der Waals surface area contributed by atoms with Crippen molar-refractivity contribution < 1.29 is 19.0 Å². The molecule has 2 rings (SSSR count). The summed E-state index contributed by atoms with van der Waals surface area (Å²) in [5, 5.41) is 12.6. The molecule has 0 amide bonds. The standard InChI is InChI=1S/C19H24FNO3.ClH/c1-3-17(12-22)21-11-15-5-4-6-18(23-2)19(15)24-13-14-7-9-16(20)10-8-14;/h4-10,17,21-22H,3,11-13H2,1-2H3;1H. The smallest absolute Gasteiger partial charge is 0.166 e. The summed E-state index contributed by atoms with van der Waals surface area (Å²) in [6.07, 6.45) is 0.840. The maximum Gasteiger partial charge on any atom is 0.166 e. The van der Waals surface area contributed by atoms with E-state index < -0.39 is 0 Å². The lowest BCUT2D eigenvalue weighted by Crippen LogP contribution is -2.31. The van der Waals surface area contributed by atoms with Crippen LogP contribution in [0.1, 0.15) is 24.5 Å². The second-order valence-electron chi connectivity index (χ2n) is 5.53. The van der Waals surface area contributed by atoms with Gasteiger partial charge in [0.15, 0.2) is 11.5 Å². The molecule has 0 heterocycles. The highest BCUT2D eigenvalue weighted by Crippen LogP contribution is 2.32. The van der Waals surface area contributed by atoms with Gasteiger partial charge in [0.1, 0.15) is 12.4 Å². The molecule has 1 atom stereocenters. The molecule has 0 fully saturated rings. The largest absolute Gasteiger partial charge is 0.493 e. The summed E-state index contributed by atoms with van der Waals surface area (Å²) < 4.78 is 24.3. The Morgan fingerprint density at radius 1 is 1.16 bits per heavy atom. The lowest BCUT2D eigenvalue weighted by Gasteiger charge is -2.18. The van der Waals surface area contributed by atoms with E-state index in [-0.39, 0.29) is 30.9 Å². The summed E-state index contributed by atoms with van der Waals surface area (Å²) in [5.41, 5.74) is 1.83. The van der Waals surface area contributed by atoms with Crippen LogP contribution in [0.2, 0.25) is 0 Å². The van der Waals surface area contributed by atoms with Crippen LogP contribution in [0, 0.1) is 5.82 Å². The predicted molar refractivity (Wildman–Crippen MR) is 99.0 cm³/mol. The molecule has 0 aliphatic rings. The first-order chi connectivity index (χ1) is 11.7. The zero-order valence-corrected chi connectivity index (χ0v) is 15.3. The minimum absolute atomic E-state index is 0. The van der Waals surface area contributed by atoms with Crippen molar-refractivity contribution in [3.63, 3.8) is 0 Å². The molecule has 0 spiro atoms. The zero-order chi connectivity index (χ0) is 17.4. The van der Waals surface area contributed by atoms with Crippen molar-refractivity contribution in [1.29, 1.82) is 0 Å². The second kappa shape index (κ2) is 10.9. The number of aliphatic hydroxyl groups excluding tert-OH is 1. The monoisotopic (exact) mass is 369 g/mol. The zero-order valence-electron chi connectivity index (χ0n) is 14.5. The van der Waals surface area contributed by atoms with Crippen LogP contribution < -0.4 is 14.8 Å². The Morgan fingerprint density at radius 3 is 2.48 bits per heavy atom. The summed E-state index contributed by atoms with van der Waals surface area (Å²) in [7, 11) is 1.60. The van der Waals surface area contributed by atoms with Gasteiger partial charge in [0.2, 0.25) is 0 Å². The molecule has 0 aliphatic carbocycles. The third-order valence-electron chi connectivity index (χ3n) is 3.87. The van der Waals surface area contributed by atoms with E-state index in [2.05, 4.69) is 5.32 Å². The first-order valence-electron chi connectivity index (χ1n) is 8.05. The van der Waals surface area contributed by atoms with E-state index in [0.717, 1.165) is 17.5 Å². The fourth-order valence-electron chi connectivity index (χ4n) is 2.35. The van der Waals surface area contributed by atoms with E-state index in [0.29, 0.717) is 24.7 Å². The van der Waals surface area contributed by atoms with Crippen LogP contribution in [0.25, 0.3) is 0 Å². The normalized spacial score (nSPS) is 11.5. The molecule has 138 valence electrons. The summed E-state index contributed by atoms with van der Waals surface area (Å²) in [6, 6.07) is 12.0. The number of nitrogens with one attached hydrogen (secondary N) is 1. The molecule has 0 aliphatic heterocycles. The molecule has 0 radical (unpaired) electrons. The maximum absolute atomic E-state index is 13.0. The molecule has 0 saturated carbocycles. The fourth-order valence-corrected chi connectivity index (χ4v) is 2.35. The Morgan fingerprint density at radius 2 is 1.88 bits per heavy atom. The Kier molecular flexibility index (Phi) is 9.27. The number of benzene rings is 2. The summed E-state index contributed by atoms with van der Waals surface area (Å²) in [5.74, 6) is 1.04. The summed E-state index contributed by atoms with van der Waals surface area (Å²) in [6.45, 7) is 3.00. The van der Waals surface area contributed by atoms with Gasteiger partial charge in [0.25, 0.3) is 0 Å². The van der Waals surface area contributed by atoms with Crippen molar-refractivity contribution in [2.75, 3.05) is 13.7 Å². The van der Waals surface area contributed by atoms with Crippen molar-refractivity contribution in [2.24, 2.45) is 0 Å². The molecular formula is C19H25ClFNO3. The highest BCUT2D eigenvalue weighted by Gasteiger charge is 2.12. The number of ether oxygens (including phenoxy) is 2. The number of rotatable bonds is 9. The van der Waals surface area contributed by atoms with E-state index in [4.69, 9.17) is 9.47 Å². The van der Waals surface area contributed by atoms with Crippen LogP contribution in [-0.2, 0) is 13.2 Å². The molecule has 2 N–H and O–H groups in total. The van der Waals surface area contributed by atoms with E-state index in [1.807, 2.05) is 25.1 Å². The topological polar surface area (TPSA) is 50.7 Å². The van der Waals surface area contributed by atoms with Gasteiger partial charge >= 0.3 is 0 Å². The molecule has 4 nitrogen and oxygen atoms in total. The number of aliphatic hydroxyl groups is 1. The van der Waals surface area contributed by atoms with Gasteiger partial charge in [0, 0.05) is 18.2 Å². The molecule has 2 aromatic carbocycles. The number of hydrogen-bond acceptors (Lipinski definition) is 4. The fraction of sp³-hybridized carbons (Fsp3) is 0.368. The SMILES string of the molecule is CCC(CO)NCc1cccc(OC)c1OCc1ccc(F)cc1.Cl. The van der Waals surface area contributed by atoms with Crippen LogP contribution in [0.4, 0.5) is 4.39 Å². The van der Waals surface area contributed by atoms with Gasteiger partial charge in [0.05, 0.1) is 13.7 Å². The van der Waals surface area contributed by atoms with Gasteiger partial charge < -0.3 is 19.9 Å². The average Bonchev–Trinajstić information content (AvgIpc) is 2.62. The van der Waals surface area contributed by atoms with Gasteiger partial charge in [-0.1, -0.05) is 31.2 Å². The van der Waals surface area contributed by atoms with E-state index in [1.54, 1.807) is 19.2 Å². The Labute approximate surface area is 154 Å². The van der Waals surface area contributed by atoms with Crippen molar-refractivity contribution >= 4 is 12.4 Å². The molecule has 0 bridgehead atoms. The summed E-state index contributed by atoms with van der Waals surface area (Å²) in [4.78, 5) is 0. The van der Waals surface area contributed by atoms with Gasteiger partial charge in [-0.15, -0.1) is 12.4 Å². The highest BCUT2D eigenvalue weighted by atomic mass is 35.5.